The first kappa shape index (κ1) is 18.4. The normalized spacial score (nSPS) is 15.7. The number of hydrogen-bond donors (Lipinski definition) is 0. The van der Waals surface area contributed by atoms with E-state index in [1.165, 1.54) is 32.4 Å². The third kappa shape index (κ3) is 3.43. The van der Waals surface area contributed by atoms with Crippen LogP contribution in [0, 0.1) is 5.82 Å². The summed E-state index contributed by atoms with van der Waals surface area (Å²) in [6, 6.07) is 9.33. The third-order valence-corrected chi connectivity index (χ3v) is 4.39. The van der Waals surface area contributed by atoms with Gasteiger partial charge in [0.15, 0.2) is 23.1 Å². The molecular formula is C20H21FO5. The average Bonchev–Trinajstić information content (AvgIpc) is 3.07. The topological polar surface area (TPSA) is 54.0 Å². The molecule has 5 nitrogen and oxygen atoms in total. The number of hydrogen-bond acceptors (Lipinski definition) is 5. The van der Waals surface area contributed by atoms with Crippen LogP contribution in [0.2, 0.25) is 0 Å². The Morgan fingerprint density at radius 1 is 1.12 bits per heavy atom. The van der Waals surface area contributed by atoms with E-state index in [-0.39, 0.29) is 16.9 Å². The quantitative estimate of drug-likeness (QED) is 0.739. The second-order valence-electron chi connectivity index (χ2n) is 6.15. The van der Waals surface area contributed by atoms with Crippen molar-refractivity contribution in [3.8, 4) is 11.5 Å². The Kier molecular flexibility index (Phi) is 5.25. The molecule has 0 bridgehead atoms. The van der Waals surface area contributed by atoms with Crippen molar-refractivity contribution in [1.82, 2.24) is 0 Å². The molecule has 1 aliphatic heterocycles. The third-order valence-electron chi connectivity index (χ3n) is 4.39. The number of carbonyl (C=O) groups excluding carboxylic acids is 1. The van der Waals surface area contributed by atoms with E-state index in [2.05, 4.69) is 0 Å². The number of ether oxygens (including phenoxy) is 4. The Morgan fingerprint density at radius 2 is 1.81 bits per heavy atom. The molecule has 3 rings (SSSR count). The van der Waals surface area contributed by atoms with Crippen molar-refractivity contribution in [2.45, 2.75) is 19.1 Å². The van der Waals surface area contributed by atoms with E-state index in [1.807, 2.05) is 6.92 Å². The molecule has 2 aromatic rings. The summed E-state index contributed by atoms with van der Waals surface area (Å²) >= 11 is 0. The lowest BCUT2D eigenvalue weighted by molar-refractivity contribution is -0.140. The van der Waals surface area contributed by atoms with Crippen LogP contribution in [0.15, 0.2) is 36.4 Å². The molecule has 1 heterocycles. The van der Waals surface area contributed by atoms with Crippen molar-refractivity contribution in [2.24, 2.45) is 0 Å². The Hall–Kier alpha value is -2.44. The fourth-order valence-electron chi connectivity index (χ4n) is 3.15. The first-order chi connectivity index (χ1) is 12.5. The van der Waals surface area contributed by atoms with Crippen LogP contribution in [0.5, 0.6) is 11.5 Å². The predicted molar refractivity (Wildman–Crippen MR) is 93.4 cm³/mol. The standard InChI is InChI=1S/C20H21FO5/c1-20(25-10-11-26-20)12-13-8-9-16(23-2)19(24-3)17(13)18(22)14-6-4-5-7-15(14)21/h4-9H,10-12H2,1-3H3. The SMILES string of the molecule is COc1ccc(CC2(C)OCCO2)c(C(=O)c2ccccc2F)c1OC. The first-order valence-corrected chi connectivity index (χ1v) is 8.30. The molecular weight excluding hydrogens is 339 g/mol. The molecule has 1 aliphatic rings. The van der Waals surface area contributed by atoms with E-state index in [0.717, 1.165) is 0 Å². The minimum absolute atomic E-state index is 0.0290. The van der Waals surface area contributed by atoms with Crippen molar-refractivity contribution in [1.29, 1.82) is 0 Å². The fourth-order valence-corrected chi connectivity index (χ4v) is 3.15. The number of carbonyl (C=O) groups is 1. The summed E-state index contributed by atoms with van der Waals surface area (Å²) in [6.07, 6.45) is 0.322. The maximum Gasteiger partial charge on any atom is 0.200 e. The highest BCUT2D eigenvalue weighted by molar-refractivity contribution is 6.12. The monoisotopic (exact) mass is 360 g/mol. The molecule has 0 saturated carbocycles. The summed E-state index contributed by atoms with van der Waals surface area (Å²) in [4.78, 5) is 13.2. The summed E-state index contributed by atoms with van der Waals surface area (Å²) in [5.74, 6) is -1.25. The van der Waals surface area contributed by atoms with E-state index >= 15 is 0 Å². The zero-order valence-corrected chi connectivity index (χ0v) is 15.0. The van der Waals surface area contributed by atoms with E-state index in [1.54, 1.807) is 18.2 Å². The van der Waals surface area contributed by atoms with Gasteiger partial charge < -0.3 is 18.9 Å². The van der Waals surface area contributed by atoms with E-state index in [9.17, 15) is 9.18 Å². The molecule has 0 atom stereocenters. The van der Waals surface area contributed by atoms with Gasteiger partial charge >= 0.3 is 0 Å². The molecule has 2 aromatic carbocycles. The number of halogens is 1. The van der Waals surface area contributed by atoms with Gasteiger partial charge in [0.2, 0.25) is 0 Å². The summed E-state index contributed by atoms with van der Waals surface area (Å²) in [5.41, 5.74) is 0.858. The van der Waals surface area contributed by atoms with Crippen LogP contribution < -0.4 is 9.47 Å². The molecule has 0 aromatic heterocycles. The second kappa shape index (κ2) is 7.43. The maximum absolute atomic E-state index is 14.2. The maximum atomic E-state index is 14.2. The van der Waals surface area contributed by atoms with Crippen LogP contribution in [-0.2, 0) is 15.9 Å². The van der Waals surface area contributed by atoms with Crippen LogP contribution in [0.4, 0.5) is 4.39 Å². The lowest BCUT2D eigenvalue weighted by atomic mass is 9.92. The van der Waals surface area contributed by atoms with Gasteiger partial charge in [0, 0.05) is 6.42 Å². The zero-order chi connectivity index (χ0) is 18.7. The Bertz CT molecular complexity index is 812. The largest absolute Gasteiger partial charge is 0.493 e. The van der Waals surface area contributed by atoms with Gasteiger partial charge in [-0.2, -0.15) is 0 Å². The molecule has 0 unspecified atom stereocenters. The van der Waals surface area contributed by atoms with E-state index < -0.39 is 17.4 Å². The van der Waals surface area contributed by atoms with Crippen molar-refractivity contribution in [3.63, 3.8) is 0 Å². The molecule has 1 saturated heterocycles. The van der Waals surface area contributed by atoms with Gasteiger partial charge in [-0.15, -0.1) is 0 Å². The number of methoxy groups -OCH3 is 2. The summed E-state index contributed by atoms with van der Waals surface area (Å²) in [7, 11) is 2.93. The first-order valence-electron chi connectivity index (χ1n) is 8.30. The van der Waals surface area contributed by atoms with E-state index in [0.29, 0.717) is 30.9 Å². The molecule has 26 heavy (non-hydrogen) atoms. The van der Waals surface area contributed by atoms with Crippen LogP contribution in [0.25, 0.3) is 0 Å². The minimum Gasteiger partial charge on any atom is -0.493 e. The molecule has 6 heteroatoms. The van der Waals surface area contributed by atoms with Gasteiger partial charge in [-0.05, 0) is 30.7 Å². The molecule has 0 radical (unpaired) electrons. The summed E-state index contributed by atoms with van der Waals surface area (Å²) in [6.45, 7) is 2.79. The molecule has 0 N–H and O–H groups in total. The smallest absolute Gasteiger partial charge is 0.200 e. The van der Waals surface area contributed by atoms with Crippen molar-refractivity contribution in [3.05, 3.63) is 58.9 Å². The Labute approximate surface area is 151 Å². The highest BCUT2D eigenvalue weighted by Gasteiger charge is 2.34. The molecule has 0 amide bonds. The fraction of sp³-hybridized carbons (Fsp3) is 0.350. The predicted octanol–water partition coefficient (Wildman–Crippen LogP) is 3.38. The van der Waals surface area contributed by atoms with Crippen molar-refractivity contribution in [2.75, 3.05) is 27.4 Å². The molecule has 0 aliphatic carbocycles. The van der Waals surface area contributed by atoms with Gasteiger partial charge in [-0.3, -0.25) is 4.79 Å². The summed E-state index contributed by atoms with van der Waals surface area (Å²) < 4.78 is 36.3. The van der Waals surface area contributed by atoms with Crippen LogP contribution in [0.1, 0.15) is 28.4 Å². The van der Waals surface area contributed by atoms with Gasteiger partial charge in [0.1, 0.15) is 5.82 Å². The lowest BCUT2D eigenvalue weighted by Gasteiger charge is -2.24. The van der Waals surface area contributed by atoms with Crippen molar-refractivity contribution >= 4 is 5.78 Å². The van der Waals surface area contributed by atoms with Crippen LogP contribution in [0.3, 0.4) is 0 Å². The molecule has 138 valence electrons. The highest BCUT2D eigenvalue weighted by Crippen LogP contribution is 2.37. The second-order valence-corrected chi connectivity index (χ2v) is 6.15. The van der Waals surface area contributed by atoms with Crippen molar-refractivity contribution < 1.29 is 28.1 Å². The van der Waals surface area contributed by atoms with Gasteiger partial charge in [0.25, 0.3) is 0 Å². The zero-order valence-electron chi connectivity index (χ0n) is 15.0. The molecule has 0 spiro atoms. The van der Waals surface area contributed by atoms with Crippen LogP contribution >= 0.6 is 0 Å². The number of ketones is 1. The van der Waals surface area contributed by atoms with E-state index in [4.69, 9.17) is 18.9 Å². The van der Waals surface area contributed by atoms with Crippen LogP contribution in [-0.4, -0.2) is 39.0 Å². The minimum atomic E-state index is -0.843. The number of rotatable bonds is 6. The number of benzene rings is 2. The average molecular weight is 360 g/mol. The highest BCUT2D eigenvalue weighted by atomic mass is 19.1. The van der Waals surface area contributed by atoms with Gasteiger partial charge in [-0.25, -0.2) is 4.39 Å². The van der Waals surface area contributed by atoms with Gasteiger partial charge in [-0.1, -0.05) is 18.2 Å². The van der Waals surface area contributed by atoms with Gasteiger partial charge in [0.05, 0.1) is 38.6 Å². The Balaban J connectivity index is 2.13. The summed E-state index contributed by atoms with van der Waals surface area (Å²) in [5, 5.41) is 0. The Morgan fingerprint density at radius 3 is 2.42 bits per heavy atom. The molecule has 1 fully saturated rings. The lowest BCUT2D eigenvalue weighted by Crippen LogP contribution is -2.29.